The first-order chi connectivity index (χ1) is 12.9. The Balaban J connectivity index is 1.67. The van der Waals surface area contributed by atoms with E-state index >= 15 is 0 Å². The minimum Gasteiger partial charge on any atom is -0.295 e. The van der Waals surface area contributed by atoms with Crippen LogP contribution in [0.1, 0.15) is 18.0 Å². The fraction of sp³-hybridized carbons (Fsp3) is 0.118. The third kappa shape index (κ3) is 3.38. The Hall–Kier alpha value is -3.27. The molecule has 2 N–H and O–H groups in total. The van der Waals surface area contributed by atoms with E-state index in [1.54, 1.807) is 0 Å². The number of fused-ring (bicyclic) bond motifs is 1. The average molecular weight is 387 g/mol. The number of carbonyl (C=O) groups is 1. The van der Waals surface area contributed by atoms with Crippen molar-refractivity contribution in [3.05, 3.63) is 66.0 Å². The van der Waals surface area contributed by atoms with Crippen LogP contribution in [0.5, 0.6) is 0 Å². The third-order valence-corrected chi connectivity index (χ3v) is 5.43. The highest BCUT2D eigenvalue weighted by molar-refractivity contribution is 7.92. The minimum absolute atomic E-state index is 0.125. The van der Waals surface area contributed by atoms with Crippen LogP contribution < -0.4 is 10.0 Å². The lowest BCUT2D eigenvalue weighted by Gasteiger charge is -2.23. The Morgan fingerprint density at radius 2 is 1.81 bits per heavy atom. The number of hydrogen-bond acceptors (Lipinski definition) is 5. The number of sulfonamides is 1. The maximum Gasteiger partial charge on any atom is 0.264 e. The lowest BCUT2D eigenvalue weighted by Crippen LogP contribution is -2.29. The summed E-state index contributed by atoms with van der Waals surface area (Å²) in [4.78, 5) is 15.9. The van der Waals surface area contributed by atoms with E-state index in [9.17, 15) is 17.6 Å². The molecule has 0 spiro atoms. The number of nitrogens with zero attached hydrogens (tertiary/aromatic N) is 3. The van der Waals surface area contributed by atoms with Crippen molar-refractivity contribution in [3.8, 4) is 0 Å². The van der Waals surface area contributed by atoms with Crippen LogP contribution in [0.4, 0.5) is 16.3 Å². The number of halogens is 1. The van der Waals surface area contributed by atoms with Crippen LogP contribution in [0.15, 0.2) is 59.5 Å². The minimum atomic E-state index is -3.99. The summed E-state index contributed by atoms with van der Waals surface area (Å²) in [5.41, 5.74) is 0.853. The molecule has 4 rings (SSSR count). The van der Waals surface area contributed by atoms with Gasteiger partial charge in [0, 0.05) is 0 Å². The quantitative estimate of drug-likeness (QED) is 0.714. The average Bonchev–Trinajstić information content (AvgIpc) is 3.03. The van der Waals surface area contributed by atoms with Crippen LogP contribution in [-0.2, 0) is 14.8 Å². The zero-order valence-electron chi connectivity index (χ0n) is 13.8. The van der Waals surface area contributed by atoms with Gasteiger partial charge in [-0.05, 0) is 29.8 Å². The van der Waals surface area contributed by atoms with Gasteiger partial charge in [0.25, 0.3) is 16.0 Å². The maximum atomic E-state index is 13.0. The van der Waals surface area contributed by atoms with Crippen LogP contribution in [0.3, 0.4) is 0 Å². The zero-order valence-corrected chi connectivity index (χ0v) is 14.6. The second-order valence-electron chi connectivity index (χ2n) is 5.94. The van der Waals surface area contributed by atoms with Crippen molar-refractivity contribution in [2.75, 3.05) is 10.0 Å². The van der Waals surface area contributed by atoms with Crippen LogP contribution >= 0.6 is 0 Å². The molecule has 1 aromatic heterocycles. The van der Waals surface area contributed by atoms with E-state index in [-0.39, 0.29) is 29.1 Å². The molecule has 8 nitrogen and oxygen atoms in total. The van der Waals surface area contributed by atoms with Gasteiger partial charge in [-0.25, -0.2) is 22.2 Å². The Labute approximate surface area is 154 Å². The number of benzene rings is 2. The van der Waals surface area contributed by atoms with E-state index in [2.05, 4.69) is 20.1 Å². The fourth-order valence-electron chi connectivity index (χ4n) is 2.83. The lowest BCUT2D eigenvalue weighted by atomic mass is 10.0. The molecule has 138 valence electrons. The summed E-state index contributed by atoms with van der Waals surface area (Å²) >= 11 is 0. The van der Waals surface area contributed by atoms with Gasteiger partial charge < -0.3 is 0 Å². The largest absolute Gasteiger partial charge is 0.295 e. The predicted molar refractivity (Wildman–Crippen MR) is 95.1 cm³/mol. The second kappa shape index (κ2) is 6.47. The normalized spacial score (nSPS) is 16.5. The van der Waals surface area contributed by atoms with E-state index in [0.29, 0.717) is 0 Å². The van der Waals surface area contributed by atoms with Crippen molar-refractivity contribution in [3.63, 3.8) is 0 Å². The molecule has 10 heteroatoms. The second-order valence-corrected chi connectivity index (χ2v) is 7.62. The molecule has 1 unspecified atom stereocenters. The van der Waals surface area contributed by atoms with Crippen molar-refractivity contribution >= 4 is 27.8 Å². The highest BCUT2D eigenvalue weighted by Crippen LogP contribution is 2.30. The van der Waals surface area contributed by atoms with Gasteiger partial charge in [-0.2, -0.15) is 4.98 Å². The molecule has 3 aromatic rings. The van der Waals surface area contributed by atoms with Crippen molar-refractivity contribution in [2.45, 2.75) is 17.4 Å². The van der Waals surface area contributed by atoms with Gasteiger partial charge in [0.05, 0.1) is 17.4 Å². The molecule has 0 radical (unpaired) electrons. The Bertz CT molecular complexity index is 1100. The van der Waals surface area contributed by atoms with Crippen molar-refractivity contribution in [2.24, 2.45) is 0 Å². The van der Waals surface area contributed by atoms with Gasteiger partial charge >= 0.3 is 0 Å². The standard InChI is InChI=1S/C17H14FN5O3S/c18-12-6-8-13(9-7-12)27(25,26)22-16-20-17-19-15(24)10-14(23(17)21-16)11-4-2-1-3-5-11/h1-9,14H,10H2,(H2,19,20,21,22,24). The predicted octanol–water partition coefficient (Wildman–Crippen LogP) is 2.15. The Morgan fingerprint density at radius 1 is 1.11 bits per heavy atom. The van der Waals surface area contributed by atoms with Gasteiger partial charge in [-0.1, -0.05) is 30.3 Å². The molecule has 0 fully saturated rings. The molecule has 0 aliphatic carbocycles. The number of nitrogens with one attached hydrogen (secondary N) is 2. The van der Waals surface area contributed by atoms with Crippen molar-refractivity contribution in [1.82, 2.24) is 14.8 Å². The molecular weight excluding hydrogens is 373 g/mol. The molecule has 0 saturated heterocycles. The van der Waals surface area contributed by atoms with Crippen LogP contribution in [-0.4, -0.2) is 29.1 Å². The molecule has 1 aliphatic rings. The first-order valence-electron chi connectivity index (χ1n) is 8.02. The number of rotatable bonds is 4. The number of aromatic nitrogens is 3. The molecule has 1 amide bonds. The van der Waals surface area contributed by atoms with Crippen LogP contribution in [0.25, 0.3) is 0 Å². The number of hydrogen-bond donors (Lipinski definition) is 2. The molecule has 1 atom stereocenters. The zero-order chi connectivity index (χ0) is 19.0. The van der Waals surface area contributed by atoms with E-state index in [0.717, 1.165) is 29.8 Å². The first-order valence-corrected chi connectivity index (χ1v) is 9.50. The number of anilines is 2. The van der Waals surface area contributed by atoms with Crippen LogP contribution in [0.2, 0.25) is 0 Å². The topological polar surface area (TPSA) is 106 Å². The lowest BCUT2D eigenvalue weighted by molar-refractivity contribution is -0.117. The van der Waals surface area contributed by atoms with Crippen molar-refractivity contribution < 1.29 is 17.6 Å². The molecule has 0 bridgehead atoms. The first kappa shape index (κ1) is 17.2. The summed E-state index contributed by atoms with van der Waals surface area (Å²) in [5.74, 6) is -0.816. The van der Waals surface area contributed by atoms with Crippen LogP contribution in [0, 0.1) is 5.82 Å². The maximum absolute atomic E-state index is 13.0. The molecule has 27 heavy (non-hydrogen) atoms. The summed E-state index contributed by atoms with van der Waals surface area (Å²) in [6.07, 6.45) is 0.157. The summed E-state index contributed by atoms with van der Waals surface area (Å²) in [5, 5.41) is 6.78. The van der Waals surface area contributed by atoms with Gasteiger partial charge in [-0.3, -0.25) is 10.1 Å². The van der Waals surface area contributed by atoms with E-state index in [1.807, 2.05) is 30.3 Å². The smallest absolute Gasteiger partial charge is 0.264 e. The summed E-state index contributed by atoms with van der Waals surface area (Å²) in [6.45, 7) is 0. The fourth-order valence-corrected chi connectivity index (χ4v) is 3.77. The molecule has 2 aromatic carbocycles. The SMILES string of the molecule is O=C1CC(c2ccccc2)n2nc(NS(=O)(=O)c3ccc(F)cc3)nc2N1. The van der Waals surface area contributed by atoms with E-state index in [1.165, 1.54) is 4.68 Å². The summed E-state index contributed by atoms with van der Waals surface area (Å²) in [7, 11) is -3.99. The monoisotopic (exact) mass is 387 g/mol. The Kier molecular flexibility index (Phi) is 4.11. The third-order valence-electron chi connectivity index (χ3n) is 4.09. The highest BCUT2D eigenvalue weighted by Gasteiger charge is 2.30. The van der Waals surface area contributed by atoms with E-state index < -0.39 is 21.9 Å². The Morgan fingerprint density at radius 3 is 2.52 bits per heavy atom. The molecule has 2 heterocycles. The summed E-state index contributed by atoms with van der Waals surface area (Å²) < 4.78 is 41.6. The highest BCUT2D eigenvalue weighted by atomic mass is 32.2. The molecular formula is C17H14FN5O3S. The van der Waals surface area contributed by atoms with Gasteiger partial charge in [0.1, 0.15) is 5.82 Å². The molecule has 0 saturated carbocycles. The van der Waals surface area contributed by atoms with E-state index in [4.69, 9.17) is 0 Å². The number of amides is 1. The van der Waals surface area contributed by atoms with Gasteiger partial charge in [0.2, 0.25) is 11.9 Å². The number of carbonyl (C=O) groups excluding carboxylic acids is 1. The van der Waals surface area contributed by atoms with Crippen molar-refractivity contribution in [1.29, 1.82) is 0 Å². The van der Waals surface area contributed by atoms with Gasteiger partial charge in [-0.15, -0.1) is 5.10 Å². The van der Waals surface area contributed by atoms with Gasteiger partial charge in [0.15, 0.2) is 0 Å². The molecule has 1 aliphatic heterocycles. The summed E-state index contributed by atoms with van der Waals surface area (Å²) in [6, 6.07) is 13.2.